The number of amides is 1. The molecule has 0 aliphatic carbocycles. The second-order valence-electron chi connectivity index (χ2n) is 5.57. The lowest BCUT2D eigenvalue weighted by Crippen LogP contribution is -2.31. The van der Waals surface area contributed by atoms with Gasteiger partial charge in [-0.15, -0.1) is 0 Å². The summed E-state index contributed by atoms with van der Waals surface area (Å²) < 4.78 is 25.3. The third kappa shape index (κ3) is 5.77. The summed E-state index contributed by atoms with van der Waals surface area (Å²) in [6, 6.07) is 11.5. The van der Waals surface area contributed by atoms with Crippen LogP contribution in [-0.4, -0.2) is 27.1 Å². The quantitative estimate of drug-likeness (QED) is 0.677. The van der Waals surface area contributed by atoms with Crippen molar-refractivity contribution in [1.82, 2.24) is 0 Å². The Hall–Kier alpha value is -1.47. The minimum absolute atomic E-state index is 0.132. The molecule has 0 fully saturated rings. The number of hydrogen-bond donors (Lipinski definition) is 1. The molecule has 26 heavy (non-hydrogen) atoms. The smallest absolute Gasteiger partial charge is 0.232 e. The Labute approximate surface area is 167 Å². The molecule has 140 valence electrons. The highest BCUT2D eigenvalue weighted by Crippen LogP contribution is 2.28. The van der Waals surface area contributed by atoms with Gasteiger partial charge in [0.15, 0.2) is 0 Å². The normalized spacial score (nSPS) is 11.2. The predicted molar refractivity (Wildman–Crippen MR) is 108 cm³/mol. The third-order valence-electron chi connectivity index (χ3n) is 3.50. The van der Waals surface area contributed by atoms with Crippen molar-refractivity contribution in [3.8, 4) is 0 Å². The first kappa shape index (κ1) is 20.8. The van der Waals surface area contributed by atoms with E-state index in [0.29, 0.717) is 27.8 Å². The van der Waals surface area contributed by atoms with Crippen LogP contribution in [0.5, 0.6) is 0 Å². The van der Waals surface area contributed by atoms with Crippen molar-refractivity contribution in [1.29, 1.82) is 0 Å². The van der Waals surface area contributed by atoms with Gasteiger partial charge in [0, 0.05) is 13.0 Å². The van der Waals surface area contributed by atoms with Gasteiger partial charge >= 0.3 is 0 Å². The summed E-state index contributed by atoms with van der Waals surface area (Å²) in [4.78, 5) is 12.1. The Morgan fingerprint density at radius 2 is 1.73 bits per heavy atom. The molecule has 0 spiro atoms. The van der Waals surface area contributed by atoms with E-state index < -0.39 is 10.0 Å². The van der Waals surface area contributed by atoms with Crippen LogP contribution >= 0.6 is 34.8 Å². The molecular formula is C17H17Cl3N2O3S. The fourth-order valence-corrected chi connectivity index (χ4v) is 3.72. The maximum Gasteiger partial charge on any atom is 0.232 e. The Balaban J connectivity index is 2.01. The highest BCUT2D eigenvalue weighted by atomic mass is 35.5. The maximum absolute atomic E-state index is 12.1. The number of rotatable bonds is 7. The Bertz CT molecular complexity index is 904. The molecule has 0 unspecified atom stereocenters. The van der Waals surface area contributed by atoms with Crippen molar-refractivity contribution in [2.75, 3.05) is 22.4 Å². The summed E-state index contributed by atoms with van der Waals surface area (Å²) in [6.45, 7) is 0.132. The largest absolute Gasteiger partial charge is 0.325 e. The number of hydrogen-bond acceptors (Lipinski definition) is 3. The van der Waals surface area contributed by atoms with Crippen LogP contribution in [0, 0.1) is 0 Å². The first-order chi connectivity index (χ1) is 12.2. The van der Waals surface area contributed by atoms with Crippen LogP contribution in [-0.2, 0) is 14.8 Å². The zero-order valence-electron chi connectivity index (χ0n) is 13.9. The molecule has 2 aromatic carbocycles. The molecule has 1 N–H and O–H groups in total. The second kappa shape index (κ2) is 8.95. The molecule has 0 atom stereocenters. The summed E-state index contributed by atoms with van der Waals surface area (Å²) in [6.07, 6.45) is 1.56. The zero-order valence-corrected chi connectivity index (χ0v) is 17.0. The molecule has 0 saturated carbocycles. The summed E-state index contributed by atoms with van der Waals surface area (Å²) in [5.41, 5.74) is 0.914. The number of halogens is 3. The van der Waals surface area contributed by atoms with Gasteiger partial charge in [0.25, 0.3) is 0 Å². The van der Waals surface area contributed by atoms with E-state index in [4.69, 9.17) is 34.8 Å². The number of carbonyl (C=O) groups is 1. The molecule has 9 heteroatoms. The van der Waals surface area contributed by atoms with E-state index in [1.807, 2.05) is 0 Å². The Morgan fingerprint density at radius 1 is 1.04 bits per heavy atom. The molecular weight excluding hydrogens is 419 g/mol. The van der Waals surface area contributed by atoms with Gasteiger partial charge in [-0.05, 0) is 36.8 Å². The number of nitrogens with one attached hydrogen (secondary N) is 1. The predicted octanol–water partition coefficient (Wildman–Crippen LogP) is 4.83. The molecule has 0 aliphatic rings. The highest BCUT2D eigenvalue weighted by molar-refractivity contribution is 7.92. The van der Waals surface area contributed by atoms with Crippen molar-refractivity contribution < 1.29 is 13.2 Å². The van der Waals surface area contributed by atoms with E-state index >= 15 is 0 Å². The van der Waals surface area contributed by atoms with E-state index in [1.54, 1.807) is 30.3 Å². The van der Waals surface area contributed by atoms with Crippen LogP contribution in [0.15, 0.2) is 42.5 Å². The van der Waals surface area contributed by atoms with Gasteiger partial charge in [-0.1, -0.05) is 46.9 Å². The van der Waals surface area contributed by atoms with Crippen LogP contribution in [0.25, 0.3) is 0 Å². The van der Waals surface area contributed by atoms with Crippen LogP contribution in [0.2, 0.25) is 15.1 Å². The van der Waals surface area contributed by atoms with Crippen LogP contribution in [0.1, 0.15) is 12.8 Å². The zero-order chi connectivity index (χ0) is 19.3. The summed E-state index contributed by atoms with van der Waals surface area (Å²) in [7, 11) is -3.53. The van der Waals surface area contributed by atoms with Gasteiger partial charge in [0.1, 0.15) is 0 Å². The van der Waals surface area contributed by atoms with Crippen molar-refractivity contribution in [2.24, 2.45) is 0 Å². The van der Waals surface area contributed by atoms with E-state index in [9.17, 15) is 13.2 Å². The van der Waals surface area contributed by atoms with E-state index in [-0.39, 0.29) is 23.9 Å². The van der Waals surface area contributed by atoms with Gasteiger partial charge in [0.2, 0.25) is 15.9 Å². The number of nitrogens with zero attached hydrogens (tertiary/aromatic N) is 1. The Kier molecular flexibility index (Phi) is 7.17. The molecule has 0 radical (unpaired) electrons. The first-order valence-electron chi connectivity index (χ1n) is 7.65. The van der Waals surface area contributed by atoms with Crippen molar-refractivity contribution in [3.63, 3.8) is 0 Å². The van der Waals surface area contributed by atoms with Crippen LogP contribution < -0.4 is 9.62 Å². The minimum atomic E-state index is -3.53. The number of anilines is 2. The molecule has 0 aliphatic heterocycles. The second-order valence-corrected chi connectivity index (χ2v) is 8.69. The van der Waals surface area contributed by atoms with Crippen molar-refractivity contribution >= 4 is 62.1 Å². The van der Waals surface area contributed by atoms with Gasteiger partial charge in [-0.3, -0.25) is 9.10 Å². The van der Waals surface area contributed by atoms with Crippen LogP contribution in [0.3, 0.4) is 0 Å². The average molecular weight is 436 g/mol. The minimum Gasteiger partial charge on any atom is -0.325 e. The number of carbonyl (C=O) groups excluding carboxylic acids is 1. The SMILES string of the molecule is CS(=O)(=O)N(CCCC(=O)Nc1ccccc1Cl)c1ccc(Cl)c(Cl)c1. The molecule has 2 aromatic rings. The molecule has 1 amide bonds. The lowest BCUT2D eigenvalue weighted by atomic mass is 10.2. The summed E-state index contributed by atoms with van der Waals surface area (Å²) in [5.74, 6) is -0.249. The number of para-hydroxylation sites is 1. The van der Waals surface area contributed by atoms with Crippen LogP contribution in [0.4, 0.5) is 11.4 Å². The lowest BCUT2D eigenvalue weighted by Gasteiger charge is -2.22. The molecule has 2 rings (SSSR count). The third-order valence-corrected chi connectivity index (χ3v) is 5.77. The summed E-state index contributed by atoms with van der Waals surface area (Å²) >= 11 is 17.8. The maximum atomic E-state index is 12.1. The standard InChI is InChI=1S/C17H17Cl3N2O3S/c1-26(24,25)22(12-8-9-13(18)15(20)11-12)10-4-7-17(23)21-16-6-3-2-5-14(16)19/h2-3,5-6,8-9,11H,4,7,10H2,1H3,(H,21,23). The van der Waals surface area contributed by atoms with E-state index in [0.717, 1.165) is 6.26 Å². The van der Waals surface area contributed by atoms with Gasteiger partial charge in [0.05, 0.1) is 32.7 Å². The number of sulfonamides is 1. The van der Waals surface area contributed by atoms with Gasteiger partial charge in [-0.25, -0.2) is 8.42 Å². The Morgan fingerprint density at radius 3 is 2.35 bits per heavy atom. The molecule has 0 saturated heterocycles. The fraction of sp³-hybridized carbons (Fsp3) is 0.235. The number of benzene rings is 2. The molecule has 5 nitrogen and oxygen atoms in total. The van der Waals surface area contributed by atoms with Crippen molar-refractivity contribution in [2.45, 2.75) is 12.8 Å². The monoisotopic (exact) mass is 434 g/mol. The fourth-order valence-electron chi connectivity index (χ4n) is 2.29. The van der Waals surface area contributed by atoms with E-state index in [2.05, 4.69) is 5.32 Å². The lowest BCUT2D eigenvalue weighted by molar-refractivity contribution is -0.116. The van der Waals surface area contributed by atoms with Gasteiger partial charge < -0.3 is 5.32 Å². The van der Waals surface area contributed by atoms with Gasteiger partial charge in [-0.2, -0.15) is 0 Å². The highest BCUT2D eigenvalue weighted by Gasteiger charge is 2.18. The average Bonchev–Trinajstić information content (AvgIpc) is 2.55. The van der Waals surface area contributed by atoms with Crippen molar-refractivity contribution in [3.05, 3.63) is 57.5 Å². The molecule has 0 bridgehead atoms. The topological polar surface area (TPSA) is 66.5 Å². The summed E-state index contributed by atoms with van der Waals surface area (Å²) in [5, 5.41) is 3.74. The molecule has 0 aromatic heterocycles. The first-order valence-corrected chi connectivity index (χ1v) is 10.6. The van der Waals surface area contributed by atoms with E-state index in [1.165, 1.54) is 16.4 Å². The molecule has 0 heterocycles.